The first-order chi connectivity index (χ1) is 8.56. The number of furan rings is 1. The van der Waals surface area contributed by atoms with Crippen molar-refractivity contribution in [2.75, 3.05) is 11.9 Å². The van der Waals surface area contributed by atoms with Crippen LogP contribution in [0.15, 0.2) is 40.8 Å². The van der Waals surface area contributed by atoms with Crippen molar-refractivity contribution in [1.82, 2.24) is 0 Å². The number of aliphatic hydroxyl groups excluding tert-OH is 1. The number of hydrogen-bond acceptors (Lipinski definition) is 3. The molecule has 18 heavy (non-hydrogen) atoms. The van der Waals surface area contributed by atoms with Crippen LogP contribution in [0.2, 0.25) is 0 Å². The van der Waals surface area contributed by atoms with Crippen molar-refractivity contribution in [1.29, 1.82) is 0 Å². The molecule has 1 heterocycles. The lowest BCUT2D eigenvalue weighted by molar-refractivity contribution is 0.199. The van der Waals surface area contributed by atoms with Crippen LogP contribution in [0.1, 0.15) is 30.1 Å². The molecule has 3 heteroatoms. The van der Waals surface area contributed by atoms with E-state index in [1.165, 1.54) is 0 Å². The quantitative estimate of drug-likeness (QED) is 0.898. The molecule has 0 aliphatic carbocycles. The van der Waals surface area contributed by atoms with E-state index in [-0.39, 0.29) is 0 Å². The summed E-state index contributed by atoms with van der Waals surface area (Å²) < 4.78 is 5.56. The number of aliphatic hydroxyl groups is 1. The minimum absolute atomic E-state index is 0.419. The predicted molar refractivity (Wildman–Crippen MR) is 72.6 cm³/mol. The number of nitrogens with zero attached hydrogens (tertiary/aromatic N) is 1. The van der Waals surface area contributed by atoms with Gasteiger partial charge in [-0.3, -0.25) is 0 Å². The highest BCUT2D eigenvalue weighted by atomic mass is 16.3. The zero-order chi connectivity index (χ0) is 13.1. The van der Waals surface area contributed by atoms with Gasteiger partial charge in [0.1, 0.15) is 11.5 Å². The standard InChI is InChI=1S/C15H19NO2/c1-11-4-9-15(18-11)10-16(3)14-7-5-13(6-8-14)12(2)17/h4-9,12,17H,10H2,1-3H3/t12-/m0/s1. The molecule has 1 aromatic carbocycles. The monoisotopic (exact) mass is 245 g/mol. The molecule has 1 aromatic heterocycles. The maximum absolute atomic E-state index is 9.46. The summed E-state index contributed by atoms with van der Waals surface area (Å²) in [4.78, 5) is 2.12. The fourth-order valence-corrected chi connectivity index (χ4v) is 1.90. The van der Waals surface area contributed by atoms with Gasteiger partial charge >= 0.3 is 0 Å². The first kappa shape index (κ1) is 12.7. The zero-order valence-electron chi connectivity index (χ0n) is 11.1. The van der Waals surface area contributed by atoms with Crippen molar-refractivity contribution in [3.63, 3.8) is 0 Å². The third-order valence-electron chi connectivity index (χ3n) is 3.01. The highest BCUT2D eigenvalue weighted by Crippen LogP contribution is 2.20. The SMILES string of the molecule is Cc1ccc(CN(C)c2ccc([C@H](C)O)cc2)o1. The highest BCUT2D eigenvalue weighted by Gasteiger charge is 2.06. The molecule has 0 saturated heterocycles. The van der Waals surface area contributed by atoms with Crippen LogP contribution in [0.3, 0.4) is 0 Å². The van der Waals surface area contributed by atoms with E-state index in [1.807, 2.05) is 50.4 Å². The molecule has 0 unspecified atom stereocenters. The summed E-state index contributed by atoms with van der Waals surface area (Å²) in [6, 6.07) is 11.9. The van der Waals surface area contributed by atoms with Crippen LogP contribution >= 0.6 is 0 Å². The van der Waals surface area contributed by atoms with Crippen LogP contribution in [-0.2, 0) is 6.54 Å². The van der Waals surface area contributed by atoms with Gasteiger partial charge in [0.15, 0.2) is 0 Å². The van der Waals surface area contributed by atoms with Gasteiger partial charge in [-0.05, 0) is 43.7 Å². The van der Waals surface area contributed by atoms with Crippen LogP contribution in [0, 0.1) is 6.92 Å². The van der Waals surface area contributed by atoms with E-state index in [2.05, 4.69) is 4.90 Å². The van der Waals surface area contributed by atoms with Gasteiger partial charge in [-0.1, -0.05) is 12.1 Å². The summed E-state index contributed by atoms with van der Waals surface area (Å²) in [5.41, 5.74) is 2.04. The van der Waals surface area contributed by atoms with E-state index in [0.29, 0.717) is 0 Å². The second-order valence-electron chi connectivity index (χ2n) is 4.64. The van der Waals surface area contributed by atoms with Crippen LogP contribution < -0.4 is 4.90 Å². The fourth-order valence-electron chi connectivity index (χ4n) is 1.90. The molecule has 2 aromatic rings. The molecule has 0 bridgehead atoms. The van der Waals surface area contributed by atoms with Crippen molar-refractivity contribution in [3.8, 4) is 0 Å². The number of aryl methyl sites for hydroxylation is 1. The average Bonchev–Trinajstić information content (AvgIpc) is 2.75. The number of benzene rings is 1. The average molecular weight is 245 g/mol. The van der Waals surface area contributed by atoms with Gasteiger partial charge in [0.05, 0.1) is 12.6 Å². The largest absolute Gasteiger partial charge is 0.464 e. The molecule has 1 N–H and O–H groups in total. The van der Waals surface area contributed by atoms with Crippen molar-refractivity contribution < 1.29 is 9.52 Å². The highest BCUT2D eigenvalue weighted by molar-refractivity contribution is 5.47. The van der Waals surface area contributed by atoms with Gasteiger partial charge in [-0.15, -0.1) is 0 Å². The molecule has 0 aliphatic rings. The van der Waals surface area contributed by atoms with E-state index >= 15 is 0 Å². The van der Waals surface area contributed by atoms with Crippen LogP contribution in [0.5, 0.6) is 0 Å². The van der Waals surface area contributed by atoms with Crippen molar-refractivity contribution in [3.05, 3.63) is 53.5 Å². The third-order valence-corrected chi connectivity index (χ3v) is 3.01. The molecular weight excluding hydrogens is 226 g/mol. The van der Waals surface area contributed by atoms with Crippen LogP contribution in [-0.4, -0.2) is 12.2 Å². The Morgan fingerprint density at radius 2 is 1.83 bits per heavy atom. The van der Waals surface area contributed by atoms with E-state index in [1.54, 1.807) is 6.92 Å². The summed E-state index contributed by atoms with van der Waals surface area (Å²) in [7, 11) is 2.02. The maximum Gasteiger partial charge on any atom is 0.123 e. The lowest BCUT2D eigenvalue weighted by Crippen LogP contribution is -2.15. The molecule has 96 valence electrons. The third kappa shape index (κ3) is 2.93. The Morgan fingerprint density at radius 3 is 2.33 bits per heavy atom. The first-order valence-electron chi connectivity index (χ1n) is 6.11. The van der Waals surface area contributed by atoms with Gasteiger partial charge in [0, 0.05) is 12.7 Å². The molecule has 0 aliphatic heterocycles. The Kier molecular flexibility index (Phi) is 3.72. The van der Waals surface area contributed by atoms with Crippen molar-refractivity contribution in [2.24, 2.45) is 0 Å². The van der Waals surface area contributed by atoms with E-state index < -0.39 is 6.10 Å². The topological polar surface area (TPSA) is 36.6 Å². The summed E-state index contributed by atoms with van der Waals surface area (Å²) >= 11 is 0. The minimum Gasteiger partial charge on any atom is -0.464 e. The number of rotatable bonds is 4. The summed E-state index contributed by atoms with van der Waals surface area (Å²) in [5, 5.41) is 9.46. The molecule has 3 nitrogen and oxygen atoms in total. The van der Waals surface area contributed by atoms with Gasteiger partial charge < -0.3 is 14.4 Å². The molecule has 0 fully saturated rings. The molecule has 0 amide bonds. The molecule has 0 spiro atoms. The Balaban J connectivity index is 2.06. The summed E-state index contributed by atoms with van der Waals surface area (Å²) in [6.45, 7) is 4.45. The maximum atomic E-state index is 9.46. The second-order valence-corrected chi connectivity index (χ2v) is 4.64. The van der Waals surface area contributed by atoms with Gasteiger partial charge in [0.25, 0.3) is 0 Å². The van der Waals surface area contributed by atoms with E-state index in [9.17, 15) is 5.11 Å². The summed E-state index contributed by atoms with van der Waals surface area (Å²) in [6.07, 6.45) is -0.419. The smallest absolute Gasteiger partial charge is 0.123 e. The Hall–Kier alpha value is -1.74. The van der Waals surface area contributed by atoms with E-state index in [4.69, 9.17) is 4.42 Å². The predicted octanol–water partition coefficient (Wildman–Crippen LogP) is 3.28. The molecule has 2 rings (SSSR count). The number of hydrogen-bond donors (Lipinski definition) is 1. The number of anilines is 1. The van der Waals surface area contributed by atoms with Crippen LogP contribution in [0.25, 0.3) is 0 Å². The Morgan fingerprint density at radius 1 is 1.17 bits per heavy atom. The Bertz CT molecular complexity index is 499. The van der Waals surface area contributed by atoms with Gasteiger partial charge in [-0.25, -0.2) is 0 Å². The molecule has 0 saturated carbocycles. The Labute approximate surface area is 108 Å². The minimum atomic E-state index is -0.419. The second kappa shape index (κ2) is 5.27. The molecular formula is C15H19NO2. The van der Waals surface area contributed by atoms with Crippen molar-refractivity contribution in [2.45, 2.75) is 26.5 Å². The molecule has 0 radical (unpaired) electrons. The van der Waals surface area contributed by atoms with E-state index in [0.717, 1.165) is 29.3 Å². The fraction of sp³-hybridized carbons (Fsp3) is 0.333. The van der Waals surface area contributed by atoms with Crippen LogP contribution in [0.4, 0.5) is 5.69 Å². The van der Waals surface area contributed by atoms with Gasteiger partial charge in [-0.2, -0.15) is 0 Å². The van der Waals surface area contributed by atoms with Crippen molar-refractivity contribution >= 4 is 5.69 Å². The normalized spacial score (nSPS) is 12.4. The lowest BCUT2D eigenvalue weighted by Gasteiger charge is -2.18. The molecule has 1 atom stereocenters. The first-order valence-corrected chi connectivity index (χ1v) is 6.11. The van der Waals surface area contributed by atoms with Gasteiger partial charge in [0.2, 0.25) is 0 Å². The zero-order valence-corrected chi connectivity index (χ0v) is 11.1. The lowest BCUT2D eigenvalue weighted by atomic mass is 10.1. The summed E-state index contributed by atoms with van der Waals surface area (Å²) in [5.74, 6) is 1.89.